The number of nitrogens with zero attached hydrogens (tertiary/aromatic N) is 2. The number of aryl methyl sites for hydroxylation is 1. The Bertz CT molecular complexity index is 665. The van der Waals surface area contributed by atoms with Crippen LogP contribution in [-0.4, -0.2) is 42.0 Å². The Morgan fingerprint density at radius 1 is 1.09 bits per heavy atom. The van der Waals surface area contributed by atoms with Crippen molar-refractivity contribution in [2.24, 2.45) is 0 Å². The van der Waals surface area contributed by atoms with Gasteiger partial charge in [0.2, 0.25) is 5.91 Å². The average Bonchev–Trinajstić information content (AvgIpc) is 2.49. The van der Waals surface area contributed by atoms with E-state index in [1.54, 1.807) is 30.1 Å². The fourth-order valence-electron chi connectivity index (χ4n) is 2.63. The van der Waals surface area contributed by atoms with Gasteiger partial charge in [0.15, 0.2) is 0 Å². The first-order valence-corrected chi connectivity index (χ1v) is 7.64. The Hall–Kier alpha value is -2.33. The predicted molar refractivity (Wildman–Crippen MR) is 92.2 cm³/mol. The molecule has 0 spiro atoms. The molecule has 2 aromatic carbocycles. The van der Waals surface area contributed by atoms with Gasteiger partial charge in [-0.2, -0.15) is 0 Å². The number of phenols is 1. The average molecular weight is 312 g/mol. The minimum absolute atomic E-state index is 0.0298. The number of carbonyl (C=O) groups is 1. The molecule has 0 aliphatic heterocycles. The fraction of sp³-hybridized carbons (Fsp3) is 0.316. The first-order chi connectivity index (χ1) is 10.9. The fourth-order valence-corrected chi connectivity index (χ4v) is 2.63. The standard InChI is InChI=1S/C19H24N2O2/c1-14-8-10-16(11-9-14)18(20(2)3)19(23)21(4)13-15-6-5-7-17(22)12-15/h5-12,18,22H,13H2,1-4H3. The van der Waals surface area contributed by atoms with Crippen molar-refractivity contribution in [3.05, 3.63) is 65.2 Å². The zero-order chi connectivity index (χ0) is 17.0. The van der Waals surface area contributed by atoms with Gasteiger partial charge in [-0.3, -0.25) is 9.69 Å². The minimum atomic E-state index is -0.321. The summed E-state index contributed by atoms with van der Waals surface area (Å²) >= 11 is 0. The molecule has 0 fully saturated rings. The second-order valence-electron chi connectivity index (χ2n) is 6.14. The summed E-state index contributed by atoms with van der Waals surface area (Å²) in [6.07, 6.45) is 0. The smallest absolute Gasteiger partial charge is 0.244 e. The summed E-state index contributed by atoms with van der Waals surface area (Å²) in [5, 5.41) is 9.55. The molecule has 1 unspecified atom stereocenters. The van der Waals surface area contributed by atoms with E-state index < -0.39 is 0 Å². The van der Waals surface area contributed by atoms with E-state index in [-0.39, 0.29) is 17.7 Å². The third-order valence-electron chi connectivity index (χ3n) is 3.85. The normalized spacial score (nSPS) is 12.2. The van der Waals surface area contributed by atoms with E-state index in [0.29, 0.717) is 6.54 Å². The molecule has 1 atom stereocenters. The van der Waals surface area contributed by atoms with Crippen LogP contribution in [0, 0.1) is 6.92 Å². The number of aromatic hydroxyl groups is 1. The van der Waals surface area contributed by atoms with Crippen molar-refractivity contribution in [3.8, 4) is 5.75 Å². The lowest BCUT2D eigenvalue weighted by atomic mass is 10.0. The molecule has 0 bridgehead atoms. The SMILES string of the molecule is Cc1ccc(C(C(=O)N(C)Cc2cccc(O)c2)N(C)C)cc1. The van der Waals surface area contributed by atoms with Crippen molar-refractivity contribution in [3.63, 3.8) is 0 Å². The van der Waals surface area contributed by atoms with E-state index >= 15 is 0 Å². The number of hydrogen-bond acceptors (Lipinski definition) is 3. The highest BCUT2D eigenvalue weighted by Crippen LogP contribution is 2.22. The molecule has 2 aromatic rings. The van der Waals surface area contributed by atoms with E-state index in [4.69, 9.17) is 0 Å². The maximum atomic E-state index is 12.9. The van der Waals surface area contributed by atoms with Crippen LogP contribution in [0.2, 0.25) is 0 Å². The van der Waals surface area contributed by atoms with Crippen molar-refractivity contribution < 1.29 is 9.90 Å². The van der Waals surface area contributed by atoms with Gasteiger partial charge < -0.3 is 10.0 Å². The van der Waals surface area contributed by atoms with Crippen molar-refractivity contribution in [1.29, 1.82) is 0 Å². The molecule has 0 saturated heterocycles. The summed E-state index contributed by atoms with van der Waals surface area (Å²) in [5.74, 6) is 0.244. The number of carbonyl (C=O) groups excluding carboxylic acids is 1. The summed E-state index contributed by atoms with van der Waals surface area (Å²) < 4.78 is 0. The van der Waals surface area contributed by atoms with Gasteiger partial charge in [0, 0.05) is 13.6 Å². The van der Waals surface area contributed by atoms with Crippen LogP contribution < -0.4 is 0 Å². The maximum Gasteiger partial charge on any atom is 0.244 e. The molecule has 23 heavy (non-hydrogen) atoms. The van der Waals surface area contributed by atoms with Crippen molar-refractivity contribution >= 4 is 5.91 Å². The van der Waals surface area contributed by atoms with E-state index in [9.17, 15) is 9.90 Å². The van der Waals surface area contributed by atoms with Gasteiger partial charge in [0.1, 0.15) is 11.8 Å². The molecule has 122 valence electrons. The Kier molecular flexibility index (Phi) is 5.40. The lowest BCUT2D eigenvalue weighted by molar-refractivity contribution is -0.135. The van der Waals surface area contributed by atoms with E-state index in [1.807, 2.05) is 56.3 Å². The number of likely N-dealkylation sites (N-methyl/N-ethyl adjacent to an activating group) is 2. The first-order valence-electron chi connectivity index (χ1n) is 7.64. The van der Waals surface area contributed by atoms with Crippen molar-refractivity contribution in [2.75, 3.05) is 21.1 Å². The van der Waals surface area contributed by atoms with Gasteiger partial charge in [-0.1, -0.05) is 42.0 Å². The molecule has 1 amide bonds. The Morgan fingerprint density at radius 2 is 1.74 bits per heavy atom. The van der Waals surface area contributed by atoms with Crippen molar-refractivity contribution in [1.82, 2.24) is 9.80 Å². The molecule has 2 rings (SSSR count). The number of amides is 1. The monoisotopic (exact) mass is 312 g/mol. The van der Waals surface area contributed by atoms with Crippen LogP contribution in [0.4, 0.5) is 0 Å². The number of benzene rings is 2. The van der Waals surface area contributed by atoms with Crippen LogP contribution in [-0.2, 0) is 11.3 Å². The molecule has 0 aromatic heterocycles. The highest BCUT2D eigenvalue weighted by molar-refractivity contribution is 5.83. The Labute approximate surface area is 138 Å². The molecule has 1 N–H and O–H groups in total. The quantitative estimate of drug-likeness (QED) is 0.923. The zero-order valence-corrected chi connectivity index (χ0v) is 14.2. The molecule has 4 nitrogen and oxygen atoms in total. The van der Waals surface area contributed by atoms with Gasteiger partial charge in [-0.15, -0.1) is 0 Å². The first kappa shape index (κ1) is 17.0. The molecular weight excluding hydrogens is 288 g/mol. The lowest BCUT2D eigenvalue weighted by Crippen LogP contribution is -2.38. The van der Waals surface area contributed by atoms with Crippen LogP contribution in [0.3, 0.4) is 0 Å². The van der Waals surface area contributed by atoms with E-state index in [1.165, 1.54) is 5.56 Å². The summed E-state index contributed by atoms with van der Waals surface area (Å²) in [6.45, 7) is 2.49. The van der Waals surface area contributed by atoms with E-state index in [2.05, 4.69) is 0 Å². The van der Waals surface area contributed by atoms with Gasteiger partial charge in [0.25, 0.3) is 0 Å². The van der Waals surface area contributed by atoms with Gasteiger partial charge in [-0.25, -0.2) is 0 Å². The van der Waals surface area contributed by atoms with Gasteiger partial charge in [0.05, 0.1) is 0 Å². The van der Waals surface area contributed by atoms with E-state index in [0.717, 1.165) is 11.1 Å². The zero-order valence-electron chi connectivity index (χ0n) is 14.2. The molecule has 0 aliphatic rings. The van der Waals surface area contributed by atoms with Crippen LogP contribution in [0.15, 0.2) is 48.5 Å². The maximum absolute atomic E-state index is 12.9. The molecule has 0 radical (unpaired) electrons. The second kappa shape index (κ2) is 7.29. The summed E-state index contributed by atoms with van der Waals surface area (Å²) in [6, 6.07) is 14.7. The minimum Gasteiger partial charge on any atom is -0.508 e. The number of hydrogen-bond donors (Lipinski definition) is 1. The summed E-state index contributed by atoms with van der Waals surface area (Å²) in [7, 11) is 5.60. The number of phenolic OH excluding ortho intramolecular Hbond substituents is 1. The number of rotatable bonds is 5. The Morgan fingerprint density at radius 3 is 2.30 bits per heavy atom. The van der Waals surface area contributed by atoms with Crippen LogP contribution >= 0.6 is 0 Å². The molecule has 4 heteroatoms. The molecule has 0 saturated carbocycles. The largest absolute Gasteiger partial charge is 0.508 e. The molecular formula is C19H24N2O2. The van der Waals surface area contributed by atoms with Crippen LogP contribution in [0.1, 0.15) is 22.7 Å². The molecule has 0 aliphatic carbocycles. The lowest BCUT2D eigenvalue weighted by Gasteiger charge is -2.29. The topological polar surface area (TPSA) is 43.8 Å². The highest BCUT2D eigenvalue weighted by atomic mass is 16.3. The van der Waals surface area contributed by atoms with Gasteiger partial charge >= 0.3 is 0 Å². The van der Waals surface area contributed by atoms with Crippen LogP contribution in [0.25, 0.3) is 0 Å². The third-order valence-corrected chi connectivity index (χ3v) is 3.85. The summed E-state index contributed by atoms with van der Waals surface area (Å²) in [5.41, 5.74) is 3.06. The molecule has 0 heterocycles. The highest BCUT2D eigenvalue weighted by Gasteiger charge is 2.25. The summed E-state index contributed by atoms with van der Waals surface area (Å²) in [4.78, 5) is 16.5. The Balaban J connectivity index is 2.18. The van der Waals surface area contributed by atoms with Gasteiger partial charge in [-0.05, 0) is 44.3 Å². The van der Waals surface area contributed by atoms with Crippen molar-refractivity contribution in [2.45, 2.75) is 19.5 Å². The second-order valence-corrected chi connectivity index (χ2v) is 6.14. The predicted octanol–water partition coefficient (Wildman–Crippen LogP) is 2.96. The third kappa shape index (κ3) is 4.33. The van der Waals surface area contributed by atoms with Crippen LogP contribution in [0.5, 0.6) is 5.75 Å².